The molecule has 2 unspecified atom stereocenters. The van der Waals surface area contributed by atoms with E-state index in [1.54, 1.807) is 7.11 Å². The van der Waals surface area contributed by atoms with Crippen molar-refractivity contribution >= 4 is 28.6 Å². The number of quaternary nitrogens is 1. The fourth-order valence-electron chi connectivity index (χ4n) is 5.46. The third-order valence-corrected chi connectivity index (χ3v) is 6.87. The zero-order valence-electron chi connectivity index (χ0n) is 18.2. The minimum Gasteiger partial charge on any atom is -0.496 e. The zero-order chi connectivity index (χ0) is 21.5. The number of aromatic nitrogens is 1. The van der Waals surface area contributed by atoms with Crippen LogP contribution in [0.2, 0.25) is 0 Å². The number of rotatable bonds is 1. The smallest absolute Gasteiger partial charge is 0.265 e. The monoisotopic (exact) mass is 416 g/mol. The summed E-state index contributed by atoms with van der Waals surface area (Å²) in [5.74, 6) is 1.73. The number of carbonyl (C=O) groups is 1. The van der Waals surface area contributed by atoms with Crippen LogP contribution in [0.3, 0.4) is 0 Å². The van der Waals surface area contributed by atoms with Crippen molar-refractivity contribution in [2.75, 3.05) is 20.7 Å². The molecule has 6 heteroatoms. The number of nitrogens with zero attached hydrogens (tertiary/aromatic N) is 1. The van der Waals surface area contributed by atoms with Crippen LogP contribution in [0.15, 0.2) is 36.4 Å². The summed E-state index contributed by atoms with van der Waals surface area (Å²) in [6, 6.07) is 10.1. The topological polar surface area (TPSA) is 59.0 Å². The summed E-state index contributed by atoms with van der Waals surface area (Å²) in [6.45, 7) is 4.73. The number of nitrogens with one attached hydrogen (secondary N) is 2. The minimum absolute atomic E-state index is 0.0756. The van der Waals surface area contributed by atoms with E-state index in [2.05, 4.69) is 18.1 Å². The van der Waals surface area contributed by atoms with Crippen molar-refractivity contribution in [1.29, 1.82) is 0 Å². The zero-order valence-corrected chi connectivity index (χ0v) is 18.2. The molecule has 3 aliphatic heterocycles. The molecule has 2 atom stereocenters. The predicted octanol–water partition coefficient (Wildman–Crippen LogP) is 3.22. The number of carbonyl (C=O) groups excluding carboxylic acids is 1. The van der Waals surface area contributed by atoms with Gasteiger partial charge in [0, 0.05) is 29.1 Å². The molecule has 31 heavy (non-hydrogen) atoms. The molecule has 6 nitrogen and oxygen atoms in total. The van der Waals surface area contributed by atoms with Crippen molar-refractivity contribution in [2.45, 2.75) is 32.0 Å². The maximum Gasteiger partial charge on any atom is 0.265 e. The van der Waals surface area contributed by atoms with Gasteiger partial charge in [0.2, 0.25) is 6.17 Å². The Morgan fingerprint density at radius 1 is 1.26 bits per heavy atom. The molecule has 0 saturated carbocycles. The Hall–Kier alpha value is -3.25. The first-order chi connectivity index (χ1) is 14.9. The number of hydrogen-bond acceptors (Lipinski definition) is 3. The molecule has 0 radical (unpaired) electrons. The van der Waals surface area contributed by atoms with E-state index >= 15 is 0 Å². The molecule has 2 N–H and O–H groups in total. The Morgan fingerprint density at radius 2 is 2.10 bits per heavy atom. The van der Waals surface area contributed by atoms with E-state index in [4.69, 9.17) is 9.47 Å². The van der Waals surface area contributed by atoms with Gasteiger partial charge in [0.15, 0.2) is 0 Å². The van der Waals surface area contributed by atoms with Gasteiger partial charge in [0.25, 0.3) is 5.91 Å². The third-order valence-electron chi connectivity index (χ3n) is 6.87. The number of amides is 1. The first-order valence-corrected chi connectivity index (χ1v) is 10.8. The van der Waals surface area contributed by atoms with E-state index in [-0.39, 0.29) is 17.7 Å². The van der Waals surface area contributed by atoms with Gasteiger partial charge in [-0.1, -0.05) is 12.1 Å². The molecule has 158 valence electrons. The van der Waals surface area contributed by atoms with Crippen LogP contribution in [0.1, 0.15) is 47.2 Å². The van der Waals surface area contributed by atoms with Gasteiger partial charge in [-0.05, 0) is 50.1 Å². The molecular weight excluding hydrogens is 390 g/mol. The van der Waals surface area contributed by atoms with Crippen LogP contribution in [0.5, 0.6) is 11.5 Å². The molecule has 0 fully saturated rings. The summed E-state index contributed by atoms with van der Waals surface area (Å²) < 4.78 is 11.8. The van der Waals surface area contributed by atoms with Crippen molar-refractivity contribution in [2.24, 2.45) is 0 Å². The van der Waals surface area contributed by atoms with Gasteiger partial charge in [-0.2, -0.15) is 0 Å². The average Bonchev–Trinajstić information content (AvgIpc) is 3.14. The van der Waals surface area contributed by atoms with E-state index in [0.29, 0.717) is 6.54 Å². The Bertz CT molecular complexity index is 1290. The third kappa shape index (κ3) is 2.45. The van der Waals surface area contributed by atoms with Crippen LogP contribution < -0.4 is 14.4 Å². The van der Waals surface area contributed by atoms with E-state index in [0.717, 1.165) is 51.3 Å². The highest BCUT2D eigenvalue weighted by atomic mass is 16.5. The van der Waals surface area contributed by atoms with Crippen molar-refractivity contribution in [3.63, 3.8) is 0 Å². The summed E-state index contributed by atoms with van der Waals surface area (Å²) in [5.41, 5.74) is 5.71. The predicted molar refractivity (Wildman–Crippen MR) is 119 cm³/mol. The Kier molecular flexibility index (Phi) is 3.67. The lowest BCUT2D eigenvalue weighted by atomic mass is 9.91. The molecule has 1 amide bonds. The number of ether oxygens (including phenoxy) is 2. The lowest BCUT2D eigenvalue weighted by molar-refractivity contribution is -0.862. The highest BCUT2D eigenvalue weighted by molar-refractivity contribution is 6.04. The summed E-state index contributed by atoms with van der Waals surface area (Å²) in [4.78, 5) is 20.6. The normalized spacial score (nSPS) is 23.0. The average molecular weight is 417 g/mol. The van der Waals surface area contributed by atoms with Crippen LogP contribution in [0.25, 0.3) is 17.0 Å². The maximum absolute atomic E-state index is 13.8. The summed E-state index contributed by atoms with van der Waals surface area (Å²) in [5, 5.41) is 1.13. The molecule has 1 aromatic heterocycles. The van der Waals surface area contributed by atoms with Gasteiger partial charge in [0.05, 0.1) is 14.2 Å². The van der Waals surface area contributed by atoms with Crippen LogP contribution >= 0.6 is 0 Å². The first-order valence-electron chi connectivity index (χ1n) is 10.8. The Balaban J connectivity index is 1.53. The number of benzene rings is 2. The molecule has 0 saturated heterocycles. The molecule has 6 rings (SSSR count). The Morgan fingerprint density at radius 3 is 2.90 bits per heavy atom. The number of hydrogen-bond donors (Lipinski definition) is 2. The van der Waals surface area contributed by atoms with Gasteiger partial charge in [-0.15, -0.1) is 0 Å². The fourth-order valence-corrected chi connectivity index (χ4v) is 5.46. The molecule has 3 aliphatic rings. The van der Waals surface area contributed by atoms with Crippen LogP contribution in [0, 0.1) is 0 Å². The van der Waals surface area contributed by atoms with Gasteiger partial charge in [-0.3, -0.25) is 14.6 Å². The van der Waals surface area contributed by atoms with Crippen molar-refractivity contribution < 1.29 is 19.2 Å². The maximum atomic E-state index is 13.8. The summed E-state index contributed by atoms with van der Waals surface area (Å²) in [7, 11) is 3.85. The van der Waals surface area contributed by atoms with E-state index in [1.165, 1.54) is 10.5 Å². The largest absolute Gasteiger partial charge is 0.496 e. The van der Waals surface area contributed by atoms with Crippen LogP contribution in [-0.2, 0) is 6.42 Å². The van der Waals surface area contributed by atoms with E-state index < -0.39 is 0 Å². The fraction of sp³-hybridized carbons (Fsp3) is 0.320. The quantitative estimate of drug-likeness (QED) is 0.641. The molecular formula is C25H26N3O3+. The summed E-state index contributed by atoms with van der Waals surface area (Å²) >= 11 is 0. The molecule has 2 aromatic carbocycles. The summed E-state index contributed by atoms with van der Waals surface area (Å²) in [6.07, 6.45) is 4.79. The van der Waals surface area contributed by atoms with Gasteiger partial charge < -0.3 is 14.5 Å². The van der Waals surface area contributed by atoms with Crippen molar-refractivity contribution in [1.82, 2.24) is 9.88 Å². The molecule has 0 bridgehead atoms. The second-order valence-electron chi connectivity index (χ2n) is 9.17. The van der Waals surface area contributed by atoms with Gasteiger partial charge >= 0.3 is 0 Å². The second-order valence-corrected chi connectivity index (χ2v) is 9.17. The van der Waals surface area contributed by atoms with Crippen molar-refractivity contribution in [3.05, 3.63) is 58.8 Å². The van der Waals surface area contributed by atoms with Crippen LogP contribution in [0.4, 0.5) is 5.69 Å². The number of fused-ring (bicyclic) bond motifs is 8. The van der Waals surface area contributed by atoms with Crippen LogP contribution in [-0.4, -0.2) is 42.1 Å². The highest BCUT2D eigenvalue weighted by Gasteiger charge is 2.47. The number of methoxy groups -OCH3 is 1. The minimum atomic E-state index is -0.371. The van der Waals surface area contributed by atoms with E-state index in [1.807, 2.05) is 55.2 Å². The Labute approximate surface area is 181 Å². The lowest BCUT2D eigenvalue weighted by Gasteiger charge is -2.42. The first kappa shape index (κ1) is 18.5. The molecule has 4 heterocycles. The molecule has 0 aliphatic carbocycles. The molecule has 3 aromatic rings. The van der Waals surface area contributed by atoms with Crippen molar-refractivity contribution in [3.8, 4) is 11.5 Å². The van der Waals surface area contributed by atoms with E-state index in [9.17, 15) is 4.79 Å². The highest BCUT2D eigenvalue weighted by Crippen LogP contribution is 2.42. The second kappa shape index (κ2) is 6.14. The van der Waals surface area contributed by atoms with Gasteiger partial charge in [-0.25, -0.2) is 0 Å². The van der Waals surface area contributed by atoms with Gasteiger partial charge in [0.1, 0.15) is 34.0 Å². The number of aromatic amines is 1. The number of H-pyrrole nitrogens is 1. The SMILES string of the molecule is COc1cccc2[nH]c3c(c12)CCN1C(=O)c2c(ccc4c2C=CC(C)(C)O4)[NH+](C)C31. The molecule has 0 spiro atoms. The standard InChI is InChI=1S/C25H25N3O3/c1-25(2)12-10-14-18(31-25)9-8-17-21(14)24(29)28-13-11-15-20-16(6-5-7-19(20)30-4)26-22(15)23(28)27(17)3/h5-10,12,23,26H,11,13H2,1-4H3/p+1. The lowest BCUT2D eigenvalue weighted by Crippen LogP contribution is -3.08.